The van der Waals surface area contributed by atoms with Gasteiger partial charge in [-0.2, -0.15) is 0 Å². The monoisotopic (exact) mass is 361 g/mol. The van der Waals surface area contributed by atoms with Crippen LogP contribution in [0.25, 0.3) is 10.9 Å². The van der Waals surface area contributed by atoms with Gasteiger partial charge in [0.05, 0.1) is 19.6 Å². The van der Waals surface area contributed by atoms with Gasteiger partial charge in [-0.05, 0) is 58.5 Å². The lowest BCUT2D eigenvalue weighted by atomic mass is 10.1. The highest BCUT2D eigenvalue weighted by molar-refractivity contribution is 5.86. The zero-order valence-corrected chi connectivity index (χ0v) is 16.8. The molecule has 6 nitrogen and oxygen atoms in total. The fourth-order valence-electron chi connectivity index (χ4n) is 3.48. The molecule has 0 unspecified atom stereocenters. The summed E-state index contributed by atoms with van der Waals surface area (Å²) in [6.07, 6.45) is 2.00. The number of nitrogens with zero attached hydrogens (tertiary/aromatic N) is 3. The maximum Gasteiger partial charge on any atom is 0.261 e. The van der Waals surface area contributed by atoms with Crippen molar-refractivity contribution in [3.8, 4) is 11.5 Å². The van der Waals surface area contributed by atoms with Crippen molar-refractivity contribution in [3.05, 3.63) is 28.3 Å². The van der Waals surface area contributed by atoms with Gasteiger partial charge in [-0.15, -0.1) is 0 Å². The molecule has 0 amide bonds. The van der Waals surface area contributed by atoms with Crippen LogP contribution < -0.4 is 15.0 Å². The first-order valence-electron chi connectivity index (χ1n) is 9.34. The van der Waals surface area contributed by atoms with Crippen LogP contribution in [-0.4, -0.2) is 48.3 Å². The molecule has 0 aliphatic heterocycles. The summed E-state index contributed by atoms with van der Waals surface area (Å²) in [5.41, 5.74) is 0.532. The third kappa shape index (κ3) is 4.01. The molecule has 144 valence electrons. The van der Waals surface area contributed by atoms with Gasteiger partial charge in [-0.3, -0.25) is 9.36 Å². The molecule has 2 aromatic rings. The fourth-order valence-corrected chi connectivity index (χ4v) is 3.48. The van der Waals surface area contributed by atoms with E-state index in [0.717, 1.165) is 32.5 Å². The van der Waals surface area contributed by atoms with Crippen LogP contribution in [0.1, 0.15) is 45.5 Å². The van der Waals surface area contributed by atoms with Gasteiger partial charge < -0.3 is 14.4 Å². The molecule has 1 atom stereocenters. The summed E-state index contributed by atoms with van der Waals surface area (Å²) in [7, 11) is 3.14. The van der Waals surface area contributed by atoms with Crippen molar-refractivity contribution in [1.82, 2.24) is 14.5 Å². The van der Waals surface area contributed by atoms with Crippen LogP contribution in [0.3, 0.4) is 0 Å². The number of hydrogen-bond donors (Lipinski definition) is 0. The van der Waals surface area contributed by atoms with Crippen LogP contribution in [-0.2, 0) is 0 Å². The minimum absolute atomic E-state index is 0.0243. The zero-order valence-electron chi connectivity index (χ0n) is 16.8. The van der Waals surface area contributed by atoms with Crippen molar-refractivity contribution in [2.45, 2.75) is 46.6 Å². The lowest BCUT2D eigenvalue weighted by molar-refractivity contribution is 0.287. The molecule has 0 spiro atoms. The van der Waals surface area contributed by atoms with Crippen molar-refractivity contribution >= 4 is 10.9 Å². The number of benzene rings is 1. The number of fused-ring (bicyclic) bond motifs is 1. The first kappa shape index (κ1) is 20.2. The van der Waals surface area contributed by atoms with E-state index in [4.69, 9.17) is 9.47 Å². The molecule has 0 aliphatic carbocycles. The Bertz CT molecular complexity index is 797. The van der Waals surface area contributed by atoms with Gasteiger partial charge in [-0.1, -0.05) is 13.8 Å². The Morgan fingerprint density at radius 3 is 2.46 bits per heavy atom. The quantitative estimate of drug-likeness (QED) is 0.685. The molecule has 0 saturated carbocycles. The van der Waals surface area contributed by atoms with Gasteiger partial charge in [-0.25, -0.2) is 4.98 Å². The van der Waals surface area contributed by atoms with E-state index >= 15 is 0 Å². The van der Waals surface area contributed by atoms with E-state index in [1.165, 1.54) is 0 Å². The Labute approximate surface area is 155 Å². The van der Waals surface area contributed by atoms with Crippen molar-refractivity contribution in [2.24, 2.45) is 0 Å². The molecule has 1 aromatic heterocycles. The van der Waals surface area contributed by atoms with Crippen molar-refractivity contribution in [1.29, 1.82) is 0 Å². The number of aromatic nitrogens is 2. The maximum atomic E-state index is 13.1. The highest BCUT2D eigenvalue weighted by atomic mass is 16.5. The molecule has 0 bridgehead atoms. The second kappa shape index (κ2) is 9.03. The summed E-state index contributed by atoms with van der Waals surface area (Å²) >= 11 is 0. The number of methoxy groups -OCH3 is 2. The fraction of sp³-hybridized carbons (Fsp3) is 0.600. The topological polar surface area (TPSA) is 56.6 Å². The van der Waals surface area contributed by atoms with E-state index in [1.807, 2.05) is 6.92 Å². The molecule has 1 heterocycles. The molecule has 1 aromatic carbocycles. The maximum absolute atomic E-state index is 13.1. The van der Waals surface area contributed by atoms with Crippen LogP contribution in [0.4, 0.5) is 0 Å². The third-order valence-corrected chi connectivity index (χ3v) is 5.02. The minimum atomic E-state index is -0.0243. The molecule has 0 aliphatic rings. The molecular formula is C20H31N3O3. The molecule has 0 N–H and O–H groups in total. The number of rotatable bonds is 9. The van der Waals surface area contributed by atoms with Gasteiger partial charge in [0.2, 0.25) is 0 Å². The second-order valence-electron chi connectivity index (χ2n) is 6.55. The zero-order chi connectivity index (χ0) is 19.3. The van der Waals surface area contributed by atoms with E-state index in [0.29, 0.717) is 28.2 Å². The predicted octanol–water partition coefficient (Wildman–Crippen LogP) is 3.41. The summed E-state index contributed by atoms with van der Waals surface area (Å²) in [5.74, 6) is 1.78. The van der Waals surface area contributed by atoms with Crippen molar-refractivity contribution in [3.63, 3.8) is 0 Å². The highest BCUT2D eigenvalue weighted by Gasteiger charge is 2.18. The molecule has 0 radical (unpaired) electrons. The van der Waals surface area contributed by atoms with E-state index in [2.05, 4.69) is 30.7 Å². The number of aryl methyl sites for hydroxylation is 1. The molecular weight excluding hydrogens is 330 g/mol. The number of ether oxygens (including phenoxy) is 2. The minimum Gasteiger partial charge on any atom is -0.493 e. The average Bonchev–Trinajstić information content (AvgIpc) is 2.64. The van der Waals surface area contributed by atoms with E-state index in [-0.39, 0.29) is 11.6 Å². The van der Waals surface area contributed by atoms with Crippen molar-refractivity contribution < 1.29 is 9.47 Å². The largest absolute Gasteiger partial charge is 0.493 e. The van der Waals surface area contributed by atoms with Crippen LogP contribution >= 0.6 is 0 Å². The predicted molar refractivity (Wildman–Crippen MR) is 106 cm³/mol. The SMILES string of the molecule is CCN(CC)CCC[C@H](C)n1c(C)nc2c(OC)c(OC)ccc2c1=O. The van der Waals surface area contributed by atoms with Gasteiger partial charge in [0, 0.05) is 6.04 Å². The second-order valence-corrected chi connectivity index (χ2v) is 6.55. The Hall–Kier alpha value is -2.08. The summed E-state index contributed by atoms with van der Waals surface area (Å²) < 4.78 is 12.6. The Morgan fingerprint density at radius 1 is 1.19 bits per heavy atom. The van der Waals surface area contributed by atoms with E-state index < -0.39 is 0 Å². The third-order valence-electron chi connectivity index (χ3n) is 5.02. The first-order chi connectivity index (χ1) is 12.5. The van der Waals surface area contributed by atoms with Gasteiger partial charge in [0.25, 0.3) is 5.56 Å². The smallest absolute Gasteiger partial charge is 0.261 e. The van der Waals surface area contributed by atoms with Crippen LogP contribution in [0.5, 0.6) is 11.5 Å². The lowest BCUT2D eigenvalue weighted by Gasteiger charge is -2.22. The Balaban J connectivity index is 2.35. The molecule has 2 rings (SSSR count). The highest BCUT2D eigenvalue weighted by Crippen LogP contribution is 2.33. The standard InChI is InChI=1S/C20H31N3O3/c1-7-22(8-2)13-9-10-14(3)23-15(4)21-18-16(20(23)24)11-12-17(25-5)19(18)26-6/h11-12,14H,7-10,13H2,1-6H3/t14-/m0/s1. The normalized spacial score (nSPS) is 12.6. The van der Waals surface area contributed by atoms with Crippen LogP contribution in [0.2, 0.25) is 0 Å². The van der Waals surface area contributed by atoms with E-state index in [1.54, 1.807) is 30.9 Å². The first-order valence-corrected chi connectivity index (χ1v) is 9.34. The molecule has 0 fully saturated rings. The average molecular weight is 361 g/mol. The van der Waals surface area contributed by atoms with Crippen LogP contribution in [0, 0.1) is 6.92 Å². The van der Waals surface area contributed by atoms with Gasteiger partial charge in [0.15, 0.2) is 11.5 Å². The summed E-state index contributed by atoms with van der Waals surface area (Å²) in [6, 6.07) is 3.63. The number of hydrogen-bond acceptors (Lipinski definition) is 5. The molecule has 6 heteroatoms. The molecule has 26 heavy (non-hydrogen) atoms. The molecule has 0 saturated heterocycles. The summed E-state index contributed by atoms with van der Waals surface area (Å²) in [5, 5.41) is 0.559. The summed E-state index contributed by atoms with van der Waals surface area (Å²) in [6.45, 7) is 11.5. The lowest BCUT2D eigenvalue weighted by Crippen LogP contribution is -2.28. The Morgan fingerprint density at radius 2 is 1.88 bits per heavy atom. The summed E-state index contributed by atoms with van der Waals surface area (Å²) in [4.78, 5) is 20.1. The van der Waals surface area contributed by atoms with Crippen LogP contribution in [0.15, 0.2) is 16.9 Å². The van der Waals surface area contributed by atoms with Gasteiger partial charge >= 0.3 is 0 Å². The van der Waals surface area contributed by atoms with Gasteiger partial charge in [0.1, 0.15) is 11.3 Å². The Kier molecular flexibility index (Phi) is 7.03. The van der Waals surface area contributed by atoms with Crippen molar-refractivity contribution in [2.75, 3.05) is 33.9 Å². The van der Waals surface area contributed by atoms with E-state index in [9.17, 15) is 4.79 Å².